The third-order valence-corrected chi connectivity index (χ3v) is 7.67. The molecule has 10 nitrogen and oxygen atoms in total. The van der Waals surface area contributed by atoms with Gasteiger partial charge in [0.15, 0.2) is 4.80 Å². The van der Waals surface area contributed by atoms with Crippen molar-refractivity contribution in [2.24, 2.45) is 4.99 Å². The zero-order chi connectivity index (χ0) is 29.8. The maximum Gasteiger partial charge on any atom is 0.338 e. The van der Waals surface area contributed by atoms with Gasteiger partial charge in [-0.1, -0.05) is 41.7 Å². The first kappa shape index (κ1) is 28.8. The first-order valence-corrected chi connectivity index (χ1v) is 13.8. The first-order chi connectivity index (χ1) is 20.4. The van der Waals surface area contributed by atoms with Crippen molar-refractivity contribution in [3.05, 3.63) is 109 Å². The molecule has 0 saturated carbocycles. The van der Waals surface area contributed by atoms with E-state index in [1.165, 1.54) is 37.2 Å². The number of rotatable bonds is 9. The lowest BCUT2D eigenvalue weighted by Crippen LogP contribution is -2.40. The van der Waals surface area contributed by atoms with E-state index in [4.69, 9.17) is 23.4 Å². The molecule has 0 saturated heterocycles. The van der Waals surface area contributed by atoms with Gasteiger partial charge in [-0.3, -0.25) is 9.36 Å². The number of para-hydroxylation sites is 1. The molecule has 0 bridgehead atoms. The number of methoxy groups -OCH3 is 3. The summed E-state index contributed by atoms with van der Waals surface area (Å²) in [6.07, 6.45) is 1.64. The number of thiazole rings is 1. The van der Waals surface area contributed by atoms with Gasteiger partial charge < -0.3 is 23.4 Å². The number of hydrogen-bond acceptors (Lipinski definition) is 10. The van der Waals surface area contributed by atoms with Crippen molar-refractivity contribution in [1.29, 1.82) is 0 Å². The Balaban J connectivity index is 1.57. The number of hydrogen-bond donors (Lipinski definition) is 0. The highest BCUT2D eigenvalue weighted by atomic mass is 32.1. The van der Waals surface area contributed by atoms with Crippen LogP contribution in [0.4, 0.5) is 0 Å². The molecule has 2 aromatic carbocycles. The maximum absolute atomic E-state index is 13.9. The molecule has 0 radical (unpaired) electrons. The van der Waals surface area contributed by atoms with Gasteiger partial charge in [-0.2, -0.15) is 0 Å². The van der Waals surface area contributed by atoms with Gasteiger partial charge in [0, 0.05) is 24.3 Å². The number of ether oxygens (including phenoxy) is 4. The SMILES string of the molecule is COCCOC(=O)C1=C(C)N=c2sc(=Cc3ccc(-c4ccc(C(=O)OC)cc4)o3)c(=O)n2C1c1ccccc1OC. The van der Waals surface area contributed by atoms with Gasteiger partial charge in [0.2, 0.25) is 0 Å². The molecule has 11 heteroatoms. The Hall–Kier alpha value is -4.74. The quantitative estimate of drug-likeness (QED) is 0.215. The average Bonchev–Trinajstić information content (AvgIpc) is 3.60. The molecule has 0 amide bonds. The van der Waals surface area contributed by atoms with E-state index in [-0.39, 0.29) is 24.3 Å². The molecule has 0 fully saturated rings. The Morgan fingerprint density at radius 1 is 1.00 bits per heavy atom. The first-order valence-electron chi connectivity index (χ1n) is 13.0. The van der Waals surface area contributed by atoms with Crippen LogP contribution in [-0.4, -0.2) is 51.0 Å². The van der Waals surface area contributed by atoms with Gasteiger partial charge in [-0.05, 0) is 37.3 Å². The predicted molar refractivity (Wildman–Crippen MR) is 155 cm³/mol. The van der Waals surface area contributed by atoms with Crippen molar-refractivity contribution in [1.82, 2.24) is 4.57 Å². The molecule has 0 aliphatic carbocycles. The number of carbonyl (C=O) groups excluding carboxylic acids is 2. The minimum absolute atomic E-state index is 0.0570. The number of carbonyl (C=O) groups is 2. The summed E-state index contributed by atoms with van der Waals surface area (Å²) < 4.78 is 28.7. The van der Waals surface area contributed by atoms with Crippen LogP contribution in [0.25, 0.3) is 17.4 Å². The Morgan fingerprint density at radius 3 is 2.48 bits per heavy atom. The van der Waals surface area contributed by atoms with Crippen LogP contribution in [0, 0.1) is 0 Å². The van der Waals surface area contributed by atoms with E-state index in [0.717, 1.165) is 5.56 Å². The highest BCUT2D eigenvalue weighted by Crippen LogP contribution is 2.35. The molecule has 216 valence electrons. The summed E-state index contributed by atoms with van der Waals surface area (Å²) in [6, 6.07) is 16.7. The molecule has 1 aliphatic heterocycles. The maximum atomic E-state index is 13.9. The van der Waals surface area contributed by atoms with E-state index < -0.39 is 18.0 Å². The summed E-state index contributed by atoms with van der Waals surface area (Å²) in [5.74, 6) is 0.519. The van der Waals surface area contributed by atoms with Crippen LogP contribution in [0.2, 0.25) is 0 Å². The molecule has 3 heterocycles. The Kier molecular flexibility index (Phi) is 8.51. The fourth-order valence-electron chi connectivity index (χ4n) is 4.67. The standard InChI is InChI=1S/C31H28N2O8S/c1-18-26(30(36)40-16-15-37-2)27(22-7-5-6-8-24(22)38-3)33-28(34)25(42-31(33)32-18)17-21-13-14-23(41-21)19-9-11-20(12-10-19)29(35)39-4/h5-14,17,27H,15-16H2,1-4H3. The zero-order valence-electron chi connectivity index (χ0n) is 23.4. The molecule has 1 atom stereocenters. The minimum Gasteiger partial charge on any atom is -0.496 e. The lowest BCUT2D eigenvalue weighted by molar-refractivity contribution is -0.140. The molecule has 1 unspecified atom stereocenters. The fraction of sp³-hybridized carbons (Fsp3) is 0.226. The molecule has 1 aliphatic rings. The lowest BCUT2D eigenvalue weighted by Gasteiger charge is -2.26. The summed E-state index contributed by atoms with van der Waals surface area (Å²) in [4.78, 5) is 44.0. The number of esters is 2. The summed E-state index contributed by atoms with van der Waals surface area (Å²) in [6.45, 7) is 2.01. The van der Waals surface area contributed by atoms with Crippen LogP contribution in [0.15, 0.2) is 86.1 Å². The highest BCUT2D eigenvalue weighted by Gasteiger charge is 2.35. The summed E-state index contributed by atoms with van der Waals surface area (Å²) >= 11 is 1.19. The molecular weight excluding hydrogens is 560 g/mol. The molecule has 0 spiro atoms. The molecule has 4 aromatic rings. The Morgan fingerprint density at radius 2 is 1.76 bits per heavy atom. The van der Waals surface area contributed by atoms with E-state index in [0.29, 0.717) is 43.4 Å². The second-order valence-corrected chi connectivity index (χ2v) is 10.2. The van der Waals surface area contributed by atoms with Gasteiger partial charge in [0.1, 0.15) is 29.9 Å². The van der Waals surface area contributed by atoms with E-state index in [2.05, 4.69) is 4.99 Å². The number of benzene rings is 2. The van der Waals surface area contributed by atoms with Gasteiger partial charge >= 0.3 is 11.9 Å². The van der Waals surface area contributed by atoms with E-state index in [1.807, 2.05) is 18.2 Å². The molecule has 42 heavy (non-hydrogen) atoms. The second kappa shape index (κ2) is 12.4. The summed E-state index contributed by atoms with van der Waals surface area (Å²) in [7, 11) is 4.38. The predicted octanol–water partition coefficient (Wildman–Crippen LogP) is 3.48. The van der Waals surface area contributed by atoms with Crippen LogP contribution < -0.4 is 19.6 Å². The van der Waals surface area contributed by atoms with Crippen molar-refractivity contribution in [3.63, 3.8) is 0 Å². The van der Waals surface area contributed by atoms with Crippen molar-refractivity contribution < 1.29 is 33.0 Å². The zero-order valence-corrected chi connectivity index (χ0v) is 24.2. The minimum atomic E-state index is -0.824. The third kappa shape index (κ3) is 5.56. The summed E-state index contributed by atoms with van der Waals surface area (Å²) in [5.41, 5.74) is 2.14. The van der Waals surface area contributed by atoms with Crippen LogP contribution in [0.1, 0.15) is 34.6 Å². The van der Waals surface area contributed by atoms with Crippen LogP contribution in [0.3, 0.4) is 0 Å². The number of aromatic nitrogens is 1. The van der Waals surface area contributed by atoms with Crippen LogP contribution in [-0.2, 0) is 19.0 Å². The molecular formula is C31H28N2O8S. The van der Waals surface area contributed by atoms with Crippen LogP contribution in [0.5, 0.6) is 5.75 Å². The van der Waals surface area contributed by atoms with Crippen molar-refractivity contribution in [2.45, 2.75) is 13.0 Å². The molecule has 5 rings (SSSR count). The van der Waals surface area contributed by atoms with Crippen molar-refractivity contribution in [3.8, 4) is 17.1 Å². The Labute approximate surface area is 244 Å². The number of furan rings is 1. The van der Waals surface area contributed by atoms with Crippen molar-refractivity contribution >= 4 is 29.4 Å². The summed E-state index contributed by atoms with van der Waals surface area (Å²) in [5, 5.41) is 0. The third-order valence-electron chi connectivity index (χ3n) is 6.69. The smallest absolute Gasteiger partial charge is 0.338 e. The number of allylic oxidation sites excluding steroid dienone is 1. The Bertz CT molecular complexity index is 1850. The monoisotopic (exact) mass is 588 g/mol. The van der Waals surface area contributed by atoms with E-state index in [9.17, 15) is 14.4 Å². The normalized spacial score (nSPS) is 14.8. The second-order valence-electron chi connectivity index (χ2n) is 9.22. The fourth-order valence-corrected chi connectivity index (χ4v) is 5.69. The lowest BCUT2D eigenvalue weighted by atomic mass is 9.95. The van der Waals surface area contributed by atoms with Gasteiger partial charge in [0.25, 0.3) is 5.56 Å². The topological polar surface area (TPSA) is 119 Å². The average molecular weight is 589 g/mol. The van der Waals surface area contributed by atoms with Gasteiger partial charge in [-0.15, -0.1) is 0 Å². The van der Waals surface area contributed by atoms with Gasteiger partial charge in [0.05, 0.1) is 42.2 Å². The van der Waals surface area contributed by atoms with Gasteiger partial charge in [-0.25, -0.2) is 14.6 Å². The van der Waals surface area contributed by atoms with E-state index >= 15 is 0 Å². The van der Waals surface area contributed by atoms with Crippen molar-refractivity contribution in [2.75, 3.05) is 34.5 Å². The number of nitrogens with zero attached hydrogens (tertiary/aromatic N) is 2. The number of fused-ring (bicyclic) bond motifs is 1. The van der Waals surface area contributed by atoms with Crippen LogP contribution >= 0.6 is 11.3 Å². The largest absolute Gasteiger partial charge is 0.496 e. The highest BCUT2D eigenvalue weighted by molar-refractivity contribution is 7.07. The van der Waals surface area contributed by atoms with E-state index in [1.54, 1.807) is 55.5 Å². The molecule has 0 N–H and O–H groups in total. The molecule has 2 aromatic heterocycles.